The van der Waals surface area contributed by atoms with Crippen LogP contribution in [-0.4, -0.2) is 18.9 Å². The molecule has 8 heteroatoms. The van der Waals surface area contributed by atoms with E-state index in [0.29, 0.717) is 17.1 Å². The molecule has 0 unspecified atom stereocenters. The molecule has 2 rings (SSSR count). The minimum absolute atomic E-state index is 0.0101. The number of amides is 2. The molecule has 0 fully saturated rings. The van der Waals surface area contributed by atoms with Crippen LogP contribution in [0.3, 0.4) is 0 Å². The maximum absolute atomic E-state index is 13.6. The van der Waals surface area contributed by atoms with Gasteiger partial charge >= 0.3 is 0 Å². The van der Waals surface area contributed by atoms with Crippen molar-refractivity contribution < 1.29 is 18.7 Å². The molecule has 2 amide bonds. The second kappa shape index (κ2) is 7.51. The first-order valence-corrected chi connectivity index (χ1v) is 7.49. The number of halogens is 3. The van der Waals surface area contributed by atoms with E-state index in [-0.39, 0.29) is 21.5 Å². The van der Waals surface area contributed by atoms with E-state index < -0.39 is 11.7 Å². The van der Waals surface area contributed by atoms with Crippen LogP contribution in [0.2, 0.25) is 10.0 Å². The molecule has 5 nitrogen and oxygen atoms in total. The van der Waals surface area contributed by atoms with Crippen molar-refractivity contribution in [3.05, 3.63) is 51.8 Å². The van der Waals surface area contributed by atoms with Gasteiger partial charge in [-0.3, -0.25) is 9.59 Å². The fraction of sp³-hybridized carbons (Fsp3) is 0.125. The predicted octanol–water partition coefficient (Wildman–Crippen LogP) is 4.35. The van der Waals surface area contributed by atoms with Crippen LogP contribution in [0.25, 0.3) is 0 Å². The van der Waals surface area contributed by atoms with Crippen molar-refractivity contribution in [1.82, 2.24) is 0 Å². The molecule has 0 spiro atoms. The van der Waals surface area contributed by atoms with Crippen LogP contribution in [0, 0.1) is 5.82 Å². The average Bonchev–Trinajstić information content (AvgIpc) is 2.50. The lowest BCUT2D eigenvalue weighted by atomic mass is 10.2. The van der Waals surface area contributed by atoms with Crippen molar-refractivity contribution in [2.75, 3.05) is 17.7 Å². The number of rotatable bonds is 4. The third-order valence-corrected chi connectivity index (χ3v) is 3.62. The van der Waals surface area contributed by atoms with Crippen molar-refractivity contribution in [3.8, 4) is 5.75 Å². The number of hydrogen-bond acceptors (Lipinski definition) is 3. The SMILES string of the molecule is COc1ccc(NC(C)=O)cc1NC(=O)c1cc(F)c(Cl)cc1Cl. The van der Waals surface area contributed by atoms with Crippen molar-refractivity contribution in [3.63, 3.8) is 0 Å². The summed E-state index contributed by atoms with van der Waals surface area (Å²) >= 11 is 11.6. The summed E-state index contributed by atoms with van der Waals surface area (Å²) in [4.78, 5) is 23.5. The predicted molar refractivity (Wildman–Crippen MR) is 91.7 cm³/mol. The summed E-state index contributed by atoms with van der Waals surface area (Å²) in [6.07, 6.45) is 0. The van der Waals surface area contributed by atoms with E-state index in [2.05, 4.69) is 10.6 Å². The molecule has 0 bridgehead atoms. The summed E-state index contributed by atoms with van der Waals surface area (Å²) in [7, 11) is 1.43. The van der Waals surface area contributed by atoms with E-state index in [0.717, 1.165) is 12.1 Å². The highest BCUT2D eigenvalue weighted by atomic mass is 35.5. The lowest BCUT2D eigenvalue weighted by Gasteiger charge is -2.13. The maximum Gasteiger partial charge on any atom is 0.257 e. The number of benzene rings is 2. The van der Waals surface area contributed by atoms with Gasteiger partial charge < -0.3 is 15.4 Å². The molecule has 0 saturated heterocycles. The summed E-state index contributed by atoms with van der Waals surface area (Å²) in [6, 6.07) is 6.80. The zero-order valence-corrected chi connectivity index (χ0v) is 14.3. The Balaban J connectivity index is 2.34. The number of carbonyl (C=O) groups excluding carboxylic acids is 2. The molecule has 2 aromatic carbocycles. The van der Waals surface area contributed by atoms with Gasteiger partial charge in [-0.25, -0.2) is 4.39 Å². The van der Waals surface area contributed by atoms with Gasteiger partial charge in [0.1, 0.15) is 11.6 Å². The van der Waals surface area contributed by atoms with Gasteiger partial charge in [0.15, 0.2) is 0 Å². The molecule has 126 valence electrons. The Morgan fingerprint density at radius 3 is 2.42 bits per heavy atom. The molecule has 0 heterocycles. The normalized spacial score (nSPS) is 10.2. The molecule has 24 heavy (non-hydrogen) atoms. The minimum atomic E-state index is -0.759. The molecule has 0 aromatic heterocycles. The first-order chi connectivity index (χ1) is 11.3. The summed E-state index contributed by atoms with van der Waals surface area (Å²) < 4.78 is 18.7. The Morgan fingerprint density at radius 1 is 1.08 bits per heavy atom. The van der Waals surface area contributed by atoms with Gasteiger partial charge in [-0.05, 0) is 30.3 Å². The van der Waals surface area contributed by atoms with E-state index in [9.17, 15) is 14.0 Å². The highest BCUT2D eigenvalue weighted by Crippen LogP contribution is 2.30. The number of ether oxygens (including phenoxy) is 1. The monoisotopic (exact) mass is 370 g/mol. The second-order valence-corrected chi connectivity index (χ2v) is 5.61. The molecule has 2 N–H and O–H groups in total. The van der Waals surface area contributed by atoms with E-state index in [1.165, 1.54) is 20.1 Å². The van der Waals surface area contributed by atoms with Gasteiger partial charge in [-0.15, -0.1) is 0 Å². The molecular weight excluding hydrogens is 358 g/mol. The first-order valence-electron chi connectivity index (χ1n) is 6.73. The Labute approximate surface area is 147 Å². The molecule has 2 aromatic rings. The van der Waals surface area contributed by atoms with Gasteiger partial charge in [0.2, 0.25) is 5.91 Å². The van der Waals surface area contributed by atoms with Crippen molar-refractivity contribution >= 4 is 46.4 Å². The van der Waals surface area contributed by atoms with Gasteiger partial charge in [-0.1, -0.05) is 23.2 Å². The van der Waals surface area contributed by atoms with Gasteiger partial charge in [0.05, 0.1) is 28.4 Å². The number of hydrogen-bond donors (Lipinski definition) is 2. The topological polar surface area (TPSA) is 67.4 Å². The largest absolute Gasteiger partial charge is 0.495 e. The molecule has 0 aliphatic rings. The highest BCUT2D eigenvalue weighted by molar-refractivity contribution is 6.37. The van der Waals surface area contributed by atoms with Crippen LogP contribution in [-0.2, 0) is 4.79 Å². The molecule has 0 atom stereocenters. The standard InChI is InChI=1S/C16H13Cl2FN2O3/c1-8(22)20-9-3-4-15(24-2)14(5-9)21-16(23)10-6-13(19)12(18)7-11(10)17/h3-7H,1-2H3,(H,20,22)(H,21,23). The van der Waals surface area contributed by atoms with E-state index >= 15 is 0 Å². The first kappa shape index (κ1) is 18.0. The number of anilines is 2. The van der Waals surface area contributed by atoms with Gasteiger partial charge in [0, 0.05) is 12.6 Å². The summed E-state index contributed by atoms with van der Waals surface area (Å²) in [5.74, 6) is -1.30. The third-order valence-electron chi connectivity index (χ3n) is 3.02. The quantitative estimate of drug-likeness (QED) is 0.786. The summed E-state index contributed by atoms with van der Waals surface area (Å²) in [5.41, 5.74) is 0.678. The number of carbonyl (C=O) groups is 2. The lowest BCUT2D eigenvalue weighted by Crippen LogP contribution is -2.14. The number of methoxy groups -OCH3 is 1. The van der Waals surface area contributed by atoms with Crippen LogP contribution < -0.4 is 15.4 Å². The molecule has 0 radical (unpaired) electrons. The van der Waals surface area contributed by atoms with Crippen LogP contribution >= 0.6 is 23.2 Å². The van der Waals surface area contributed by atoms with Crippen molar-refractivity contribution in [2.45, 2.75) is 6.92 Å². The molecular formula is C16H13Cl2FN2O3. The average molecular weight is 371 g/mol. The smallest absolute Gasteiger partial charge is 0.257 e. The second-order valence-electron chi connectivity index (χ2n) is 4.80. The molecule has 0 aliphatic carbocycles. The van der Waals surface area contributed by atoms with Crippen LogP contribution in [0.15, 0.2) is 30.3 Å². The Morgan fingerprint density at radius 2 is 1.79 bits per heavy atom. The molecule has 0 saturated carbocycles. The highest BCUT2D eigenvalue weighted by Gasteiger charge is 2.16. The van der Waals surface area contributed by atoms with Gasteiger partial charge in [0.25, 0.3) is 5.91 Å². The third kappa shape index (κ3) is 4.15. The Bertz CT molecular complexity index is 812. The maximum atomic E-state index is 13.6. The van der Waals surface area contributed by atoms with E-state index in [1.807, 2.05) is 0 Å². The lowest BCUT2D eigenvalue weighted by molar-refractivity contribution is -0.114. The summed E-state index contributed by atoms with van der Waals surface area (Å²) in [5, 5.41) is 4.99. The van der Waals surface area contributed by atoms with Crippen molar-refractivity contribution in [2.24, 2.45) is 0 Å². The minimum Gasteiger partial charge on any atom is -0.495 e. The van der Waals surface area contributed by atoms with Crippen LogP contribution in [0.4, 0.5) is 15.8 Å². The van der Waals surface area contributed by atoms with Crippen LogP contribution in [0.5, 0.6) is 5.75 Å². The Hall–Kier alpha value is -2.31. The fourth-order valence-electron chi connectivity index (χ4n) is 1.97. The van der Waals surface area contributed by atoms with Gasteiger partial charge in [-0.2, -0.15) is 0 Å². The fourth-order valence-corrected chi connectivity index (χ4v) is 2.44. The van der Waals surface area contributed by atoms with Crippen molar-refractivity contribution in [1.29, 1.82) is 0 Å². The molecule has 0 aliphatic heterocycles. The summed E-state index contributed by atoms with van der Waals surface area (Å²) in [6.45, 7) is 1.36. The van der Waals surface area contributed by atoms with Crippen LogP contribution in [0.1, 0.15) is 17.3 Å². The van der Waals surface area contributed by atoms with E-state index in [1.54, 1.807) is 12.1 Å². The number of nitrogens with one attached hydrogen (secondary N) is 2. The Kier molecular flexibility index (Phi) is 5.64. The van der Waals surface area contributed by atoms with E-state index in [4.69, 9.17) is 27.9 Å². The zero-order chi connectivity index (χ0) is 17.9. The zero-order valence-electron chi connectivity index (χ0n) is 12.7.